The van der Waals surface area contributed by atoms with Gasteiger partial charge in [-0.1, -0.05) is 26.8 Å². The Bertz CT molecular complexity index is 559. The molecule has 21 heavy (non-hydrogen) atoms. The third-order valence-corrected chi connectivity index (χ3v) is 3.11. The summed E-state index contributed by atoms with van der Waals surface area (Å²) in [6.45, 7) is 7.63. The zero-order chi connectivity index (χ0) is 15.3. The molecule has 114 valence electrons. The molecule has 0 unspecified atom stereocenters. The van der Waals surface area contributed by atoms with Crippen molar-refractivity contribution in [3.63, 3.8) is 0 Å². The number of nitrogens with zero attached hydrogens (tertiary/aromatic N) is 1. The number of aromatic amines is 1. The largest absolute Gasteiger partial charge is 0.491 e. The monoisotopic (exact) mass is 289 g/mol. The Labute approximate surface area is 125 Å². The number of nitrogens with one attached hydrogen (secondary N) is 2. The van der Waals surface area contributed by atoms with E-state index in [0.717, 1.165) is 17.3 Å². The van der Waals surface area contributed by atoms with E-state index < -0.39 is 0 Å². The lowest BCUT2D eigenvalue weighted by Crippen LogP contribution is -2.15. The lowest BCUT2D eigenvalue weighted by atomic mass is 9.86. The molecular weight excluding hydrogens is 266 g/mol. The van der Waals surface area contributed by atoms with Crippen molar-refractivity contribution in [1.29, 1.82) is 0 Å². The summed E-state index contributed by atoms with van der Waals surface area (Å²) in [5.41, 5.74) is 2.16. The second-order valence-electron chi connectivity index (χ2n) is 5.90. The Morgan fingerprint density at radius 3 is 2.62 bits per heavy atom. The number of ether oxygens (including phenoxy) is 2. The Morgan fingerprint density at radius 1 is 1.19 bits per heavy atom. The number of benzene rings is 1. The molecule has 2 rings (SSSR count). The van der Waals surface area contributed by atoms with Crippen LogP contribution in [0.2, 0.25) is 0 Å². The molecule has 1 heterocycles. The van der Waals surface area contributed by atoms with E-state index in [0.29, 0.717) is 13.2 Å². The van der Waals surface area contributed by atoms with E-state index in [1.54, 1.807) is 13.3 Å². The van der Waals surface area contributed by atoms with E-state index in [-0.39, 0.29) is 5.41 Å². The lowest BCUT2D eigenvalue weighted by Gasteiger charge is -2.23. The van der Waals surface area contributed by atoms with Crippen LogP contribution in [0.15, 0.2) is 30.5 Å². The number of rotatable bonds is 6. The van der Waals surface area contributed by atoms with Gasteiger partial charge in [-0.05, 0) is 17.0 Å². The second-order valence-corrected chi connectivity index (χ2v) is 5.90. The summed E-state index contributed by atoms with van der Waals surface area (Å²) in [4.78, 5) is 0. The molecule has 0 aliphatic rings. The normalized spacial score (nSPS) is 11.4. The molecule has 0 spiro atoms. The first-order valence-corrected chi connectivity index (χ1v) is 7.03. The summed E-state index contributed by atoms with van der Waals surface area (Å²) < 4.78 is 10.9. The molecule has 1 aromatic carbocycles. The zero-order valence-electron chi connectivity index (χ0n) is 13.1. The molecule has 0 fully saturated rings. The number of hydrogen-bond acceptors (Lipinski definition) is 4. The van der Waals surface area contributed by atoms with Crippen molar-refractivity contribution < 1.29 is 9.47 Å². The molecule has 5 nitrogen and oxygen atoms in total. The van der Waals surface area contributed by atoms with E-state index in [2.05, 4.69) is 42.4 Å². The fraction of sp³-hybridized carbons (Fsp3) is 0.438. The number of hydrogen-bond donors (Lipinski definition) is 2. The highest BCUT2D eigenvalue weighted by Crippen LogP contribution is 2.34. The van der Waals surface area contributed by atoms with Crippen LogP contribution in [0.4, 0.5) is 11.5 Å². The molecule has 0 aliphatic carbocycles. The van der Waals surface area contributed by atoms with Crippen LogP contribution in [-0.4, -0.2) is 30.5 Å². The van der Waals surface area contributed by atoms with Crippen LogP contribution in [-0.2, 0) is 10.2 Å². The van der Waals surface area contributed by atoms with Crippen molar-refractivity contribution in [3.8, 4) is 5.75 Å². The van der Waals surface area contributed by atoms with Crippen molar-refractivity contribution in [1.82, 2.24) is 10.2 Å². The Morgan fingerprint density at radius 2 is 2.00 bits per heavy atom. The Hall–Kier alpha value is -2.01. The van der Waals surface area contributed by atoms with Gasteiger partial charge in [0.25, 0.3) is 0 Å². The van der Waals surface area contributed by atoms with Gasteiger partial charge in [-0.2, -0.15) is 5.10 Å². The van der Waals surface area contributed by atoms with Crippen LogP contribution in [0.25, 0.3) is 0 Å². The molecule has 0 saturated heterocycles. The molecule has 0 saturated carbocycles. The Kier molecular flexibility index (Phi) is 4.85. The van der Waals surface area contributed by atoms with Gasteiger partial charge in [-0.15, -0.1) is 0 Å². The molecular formula is C16H23N3O2. The molecule has 5 heteroatoms. The summed E-state index contributed by atoms with van der Waals surface area (Å²) in [6, 6.07) is 8.03. The standard InChI is InChI=1S/C16H23N3O2/c1-16(2,3)13-6-5-12(18-15-7-8-17-19-15)11-14(13)21-10-9-20-4/h5-8,11H,9-10H2,1-4H3,(H2,17,18,19). The maximum absolute atomic E-state index is 5.87. The first-order chi connectivity index (χ1) is 10.0. The van der Waals surface area contributed by atoms with Gasteiger partial charge in [0.05, 0.1) is 12.8 Å². The molecule has 1 aromatic heterocycles. The van der Waals surface area contributed by atoms with Crippen molar-refractivity contribution >= 4 is 11.5 Å². The van der Waals surface area contributed by atoms with Crippen LogP contribution in [0.3, 0.4) is 0 Å². The average molecular weight is 289 g/mol. The van der Waals surface area contributed by atoms with Gasteiger partial charge in [0.2, 0.25) is 0 Å². The molecule has 0 bridgehead atoms. The molecule has 0 atom stereocenters. The number of methoxy groups -OCH3 is 1. The van der Waals surface area contributed by atoms with E-state index in [1.165, 1.54) is 5.56 Å². The summed E-state index contributed by atoms with van der Waals surface area (Å²) in [5.74, 6) is 1.73. The van der Waals surface area contributed by atoms with Crippen LogP contribution >= 0.6 is 0 Å². The second kappa shape index (κ2) is 6.63. The van der Waals surface area contributed by atoms with Gasteiger partial charge in [0, 0.05) is 24.9 Å². The third kappa shape index (κ3) is 4.23. The quantitative estimate of drug-likeness (QED) is 0.799. The number of aromatic nitrogens is 2. The zero-order valence-corrected chi connectivity index (χ0v) is 13.1. The summed E-state index contributed by atoms with van der Waals surface area (Å²) in [5, 5.41) is 10.1. The SMILES string of the molecule is COCCOc1cc(Nc2ccn[nH]2)ccc1C(C)(C)C. The molecule has 0 amide bonds. The minimum Gasteiger partial charge on any atom is -0.491 e. The minimum atomic E-state index is 0.0227. The van der Waals surface area contributed by atoms with Crippen molar-refractivity contribution in [2.75, 3.05) is 25.6 Å². The fourth-order valence-corrected chi connectivity index (χ4v) is 2.06. The summed E-state index contributed by atoms with van der Waals surface area (Å²) in [7, 11) is 1.67. The minimum absolute atomic E-state index is 0.0227. The molecule has 2 aromatic rings. The van der Waals surface area contributed by atoms with Gasteiger partial charge < -0.3 is 14.8 Å². The van der Waals surface area contributed by atoms with Crippen molar-refractivity contribution in [2.24, 2.45) is 0 Å². The smallest absolute Gasteiger partial charge is 0.125 e. The highest BCUT2D eigenvalue weighted by atomic mass is 16.5. The van der Waals surface area contributed by atoms with Gasteiger partial charge >= 0.3 is 0 Å². The van der Waals surface area contributed by atoms with Crippen LogP contribution < -0.4 is 10.1 Å². The van der Waals surface area contributed by atoms with Gasteiger partial charge in [-0.25, -0.2) is 0 Å². The number of H-pyrrole nitrogens is 1. The van der Waals surface area contributed by atoms with Gasteiger partial charge in [0.15, 0.2) is 0 Å². The molecule has 0 radical (unpaired) electrons. The summed E-state index contributed by atoms with van der Waals surface area (Å²) in [6.07, 6.45) is 1.71. The van der Waals surface area contributed by atoms with E-state index >= 15 is 0 Å². The average Bonchev–Trinajstić information content (AvgIpc) is 2.91. The maximum Gasteiger partial charge on any atom is 0.125 e. The predicted octanol–water partition coefficient (Wildman–Crippen LogP) is 3.48. The van der Waals surface area contributed by atoms with Gasteiger partial charge in [0.1, 0.15) is 18.2 Å². The van der Waals surface area contributed by atoms with Crippen LogP contribution in [0, 0.1) is 0 Å². The Balaban J connectivity index is 2.22. The van der Waals surface area contributed by atoms with E-state index in [1.807, 2.05) is 18.2 Å². The maximum atomic E-state index is 5.87. The lowest BCUT2D eigenvalue weighted by molar-refractivity contribution is 0.145. The van der Waals surface area contributed by atoms with Crippen molar-refractivity contribution in [2.45, 2.75) is 26.2 Å². The van der Waals surface area contributed by atoms with E-state index in [9.17, 15) is 0 Å². The predicted molar refractivity (Wildman–Crippen MR) is 84.4 cm³/mol. The molecule has 2 N–H and O–H groups in total. The first-order valence-electron chi connectivity index (χ1n) is 7.03. The van der Waals surface area contributed by atoms with Crippen molar-refractivity contribution in [3.05, 3.63) is 36.0 Å². The third-order valence-electron chi connectivity index (χ3n) is 3.11. The number of anilines is 2. The topological polar surface area (TPSA) is 59.2 Å². The highest BCUT2D eigenvalue weighted by molar-refractivity contribution is 5.60. The summed E-state index contributed by atoms with van der Waals surface area (Å²) >= 11 is 0. The fourth-order valence-electron chi connectivity index (χ4n) is 2.06. The first kappa shape index (κ1) is 15.4. The molecule has 0 aliphatic heterocycles. The highest BCUT2D eigenvalue weighted by Gasteiger charge is 2.19. The van der Waals surface area contributed by atoms with Crippen LogP contribution in [0.1, 0.15) is 26.3 Å². The van der Waals surface area contributed by atoms with Gasteiger partial charge in [-0.3, -0.25) is 5.10 Å². The van der Waals surface area contributed by atoms with Crippen LogP contribution in [0.5, 0.6) is 5.75 Å². The van der Waals surface area contributed by atoms with E-state index in [4.69, 9.17) is 9.47 Å².